The first-order chi connectivity index (χ1) is 17.9. The molecule has 7 heteroatoms. The van der Waals surface area contributed by atoms with E-state index in [4.69, 9.17) is 9.26 Å². The van der Waals surface area contributed by atoms with Crippen molar-refractivity contribution >= 4 is 43.7 Å². The lowest BCUT2D eigenvalue weighted by atomic mass is 9.47. The second-order valence-electron chi connectivity index (χ2n) is 14.6. The van der Waals surface area contributed by atoms with Crippen LogP contribution in [0.25, 0.3) is 0 Å². The maximum Gasteiger partial charge on any atom is 0.311 e. The molecule has 0 aromatic carbocycles. The molecule has 4 rings (SSSR count). The van der Waals surface area contributed by atoms with E-state index in [0.29, 0.717) is 37.6 Å². The summed E-state index contributed by atoms with van der Waals surface area (Å²) in [5, 5.41) is 11.3. The molecule has 4 nitrogen and oxygen atoms in total. The van der Waals surface area contributed by atoms with Crippen LogP contribution in [0.2, 0.25) is 0 Å². The first-order valence-electron chi connectivity index (χ1n) is 15.1. The van der Waals surface area contributed by atoms with E-state index in [0.717, 1.165) is 38.7 Å². The molecule has 0 aliphatic heterocycles. The Morgan fingerprint density at radius 3 is 2.71 bits per heavy atom. The average molecular weight is 679 g/mol. The maximum absolute atomic E-state index is 12.5. The molecule has 10 unspecified atom stereocenters. The molecule has 3 fully saturated rings. The van der Waals surface area contributed by atoms with Crippen molar-refractivity contribution in [1.82, 2.24) is 0 Å². The van der Waals surface area contributed by atoms with E-state index >= 15 is 0 Å². The summed E-state index contributed by atoms with van der Waals surface area (Å²) in [5.74, 6) is 3.01. The zero-order valence-electron chi connectivity index (χ0n) is 24.6. The molecule has 4 aliphatic rings. The quantitative estimate of drug-likeness (QED) is 0.0821. The number of carbonyl (C=O) groups is 1. The molecule has 4 aliphatic carbocycles. The summed E-state index contributed by atoms with van der Waals surface area (Å²) in [6.07, 6.45) is 15.0. The Bertz CT molecular complexity index is 861. The highest BCUT2D eigenvalue weighted by Crippen LogP contribution is 2.67. The van der Waals surface area contributed by atoms with Crippen LogP contribution in [0, 0.1) is 45.8 Å². The highest BCUT2D eigenvalue weighted by Gasteiger charge is 2.60. The first kappa shape index (κ1) is 31.6. The van der Waals surface area contributed by atoms with E-state index in [1.54, 1.807) is 14.1 Å². The summed E-state index contributed by atoms with van der Waals surface area (Å²) in [6, 6.07) is 0. The Balaban J connectivity index is 1.36. The van der Waals surface area contributed by atoms with Crippen LogP contribution in [0.3, 0.4) is 0 Å². The SMILES string of the molecule is CC(CCCCC1C(O)CC2C3CC=C4CC(OC(=O)C(C)(C)C)CCC4(C)C3CCC12C)COPSI. The van der Waals surface area contributed by atoms with Gasteiger partial charge in [0, 0.05) is 27.6 Å². The van der Waals surface area contributed by atoms with Gasteiger partial charge in [-0.1, -0.05) is 45.3 Å². The molecule has 0 amide bonds. The fourth-order valence-corrected chi connectivity index (χ4v) is 10.7. The molecule has 0 heterocycles. The summed E-state index contributed by atoms with van der Waals surface area (Å²) in [7, 11) is 2.29. The Labute approximate surface area is 250 Å². The van der Waals surface area contributed by atoms with Crippen LogP contribution in [-0.4, -0.2) is 29.9 Å². The second-order valence-corrected chi connectivity index (χ2v) is 20.1. The van der Waals surface area contributed by atoms with Crippen LogP contribution in [-0.2, 0) is 14.1 Å². The molecule has 0 aromatic heterocycles. The summed E-state index contributed by atoms with van der Waals surface area (Å²) in [4.78, 5) is 12.5. The van der Waals surface area contributed by atoms with Crippen molar-refractivity contribution in [2.75, 3.05) is 6.61 Å². The van der Waals surface area contributed by atoms with Crippen LogP contribution >= 0.6 is 37.8 Å². The number of hydrogen-bond donors (Lipinski definition) is 1. The number of esters is 1. The number of aliphatic hydroxyl groups is 1. The summed E-state index contributed by atoms with van der Waals surface area (Å²) >= 11 is 2.30. The summed E-state index contributed by atoms with van der Waals surface area (Å²) in [5.41, 5.74) is 1.61. The smallest absolute Gasteiger partial charge is 0.311 e. The molecule has 0 spiro atoms. The number of unbranched alkanes of at least 4 members (excludes halogenated alkanes) is 1. The van der Waals surface area contributed by atoms with Gasteiger partial charge in [-0.3, -0.25) is 4.79 Å². The van der Waals surface area contributed by atoms with Crippen LogP contribution in [0.5, 0.6) is 0 Å². The van der Waals surface area contributed by atoms with Gasteiger partial charge >= 0.3 is 5.97 Å². The van der Waals surface area contributed by atoms with Gasteiger partial charge in [0.2, 0.25) is 0 Å². The number of halogens is 1. The van der Waals surface area contributed by atoms with Gasteiger partial charge in [0.05, 0.1) is 26.1 Å². The monoisotopic (exact) mass is 678 g/mol. The number of hydrogen-bond acceptors (Lipinski definition) is 5. The summed E-state index contributed by atoms with van der Waals surface area (Å²) in [6.45, 7) is 14.0. The Kier molecular flexibility index (Phi) is 10.7. The molecule has 10 atom stereocenters. The van der Waals surface area contributed by atoms with Gasteiger partial charge in [-0.15, -0.1) is 0 Å². The molecule has 218 valence electrons. The minimum absolute atomic E-state index is 0.0315. The molecule has 38 heavy (non-hydrogen) atoms. The molecule has 0 radical (unpaired) electrons. The Hall–Kier alpha value is 0.640. The van der Waals surface area contributed by atoms with E-state index < -0.39 is 5.41 Å². The van der Waals surface area contributed by atoms with Gasteiger partial charge < -0.3 is 14.4 Å². The zero-order valence-corrected chi connectivity index (χ0v) is 28.5. The van der Waals surface area contributed by atoms with E-state index in [2.05, 4.69) is 48.1 Å². The lowest BCUT2D eigenvalue weighted by Gasteiger charge is -2.58. The molecule has 0 bridgehead atoms. The van der Waals surface area contributed by atoms with Crippen LogP contribution in [0.15, 0.2) is 11.6 Å². The molecular formula is C31H52IO4PS. The minimum Gasteiger partial charge on any atom is -0.462 e. The van der Waals surface area contributed by atoms with Crippen molar-refractivity contribution in [3.8, 4) is 0 Å². The third kappa shape index (κ3) is 6.65. The van der Waals surface area contributed by atoms with Gasteiger partial charge in [0.1, 0.15) is 6.10 Å². The third-order valence-corrected chi connectivity index (χ3v) is 13.6. The van der Waals surface area contributed by atoms with Gasteiger partial charge in [0.25, 0.3) is 0 Å². The predicted molar refractivity (Wildman–Crippen MR) is 169 cm³/mol. The normalized spacial score (nSPS) is 39.8. The van der Waals surface area contributed by atoms with Crippen LogP contribution in [0.1, 0.15) is 112 Å². The molecule has 1 N–H and O–H groups in total. The van der Waals surface area contributed by atoms with Crippen molar-refractivity contribution in [3.05, 3.63) is 11.6 Å². The van der Waals surface area contributed by atoms with E-state index in [-0.39, 0.29) is 29.0 Å². The number of ether oxygens (including phenoxy) is 1. The number of aliphatic hydroxyl groups excluding tert-OH is 1. The molecule has 0 saturated heterocycles. The van der Waals surface area contributed by atoms with Crippen LogP contribution < -0.4 is 0 Å². The maximum atomic E-state index is 12.5. The standard InChI is InChI=1S/C31H52IO4PS/c1-20(19-35-37-38-32)9-7-8-10-25-27(33)18-26-23-12-11-21-17-22(36-28(34)29(2,3)4)13-15-30(21,5)24(23)14-16-31(25,26)6/h11,20,22-27,33,37H,7-10,12-19H2,1-6H3. The summed E-state index contributed by atoms with van der Waals surface area (Å²) < 4.78 is 11.7. The van der Waals surface area contributed by atoms with Crippen molar-refractivity contribution < 1.29 is 19.2 Å². The zero-order chi connectivity index (χ0) is 27.7. The largest absolute Gasteiger partial charge is 0.462 e. The number of carbonyl (C=O) groups excluding carboxylic acids is 1. The average Bonchev–Trinajstić information content (AvgIpc) is 3.11. The fourth-order valence-electron chi connectivity index (χ4n) is 8.83. The molecule has 0 aromatic rings. The lowest BCUT2D eigenvalue weighted by molar-refractivity contribution is -0.161. The predicted octanol–water partition coefficient (Wildman–Crippen LogP) is 9.30. The van der Waals surface area contributed by atoms with Crippen molar-refractivity contribution in [2.45, 2.75) is 124 Å². The number of allylic oxidation sites excluding steroid dienone is 1. The van der Waals surface area contributed by atoms with E-state index in [9.17, 15) is 9.90 Å². The van der Waals surface area contributed by atoms with Crippen molar-refractivity contribution in [1.29, 1.82) is 0 Å². The number of fused-ring (bicyclic) bond motifs is 5. The van der Waals surface area contributed by atoms with Crippen molar-refractivity contribution in [2.24, 2.45) is 45.8 Å². The van der Waals surface area contributed by atoms with Crippen molar-refractivity contribution in [3.63, 3.8) is 0 Å². The van der Waals surface area contributed by atoms with Gasteiger partial charge in [-0.2, -0.15) is 0 Å². The van der Waals surface area contributed by atoms with Gasteiger partial charge in [-0.25, -0.2) is 0 Å². The Morgan fingerprint density at radius 2 is 2.00 bits per heavy atom. The van der Waals surface area contributed by atoms with Crippen LogP contribution in [0.4, 0.5) is 0 Å². The topological polar surface area (TPSA) is 55.8 Å². The molecular weight excluding hydrogens is 626 g/mol. The Morgan fingerprint density at radius 1 is 1.24 bits per heavy atom. The molecule has 3 saturated carbocycles. The highest BCUT2D eigenvalue weighted by atomic mass is 127. The first-order valence-corrected chi connectivity index (χ1v) is 20.1. The van der Waals surface area contributed by atoms with Gasteiger partial charge in [0.15, 0.2) is 0 Å². The second kappa shape index (κ2) is 12.9. The van der Waals surface area contributed by atoms with E-state index in [1.165, 1.54) is 38.5 Å². The highest BCUT2D eigenvalue weighted by molar-refractivity contribution is 14.2. The fraction of sp³-hybridized carbons (Fsp3) is 0.903. The lowest BCUT2D eigenvalue weighted by Crippen LogP contribution is -2.50. The minimum atomic E-state index is -0.443. The third-order valence-electron chi connectivity index (χ3n) is 11.1. The van der Waals surface area contributed by atoms with E-state index in [1.807, 2.05) is 20.8 Å². The number of rotatable bonds is 10. The van der Waals surface area contributed by atoms with Gasteiger partial charge in [-0.05, 0) is 121 Å².